The number of rotatable bonds is 3. The van der Waals surface area contributed by atoms with E-state index in [1.807, 2.05) is 24.3 Å². The zero-order valence-electron chi connectivity index (χ0n) is 13.0. The lowest BCUT2D eigenvalue weighted by molar-refractivity contribution is 0.181. The van der Waals surface area contributed by atoms with E-state index < -0.39 is 6.08 Å². The Morgan fingerprint density at radius 3 is 2.88 bits per heavy atom. The molecule has 9 nitrogen and oxygen atoms in total. The number of benzene rings is 1. The first-order chi connectivity index (χ1) is 12.3. The van der Waals surface area contributed by atoms with E-state index in [4.69, 9.17) is 4.74 Å². The van der Waals surface area contributed by atoms with Crippen LogP contribution in [0, 0.1) is 6.08 Å². The average Bonchev–Trinajstić information content (AvgIpc) is 3.33. The molecule has 25 heavy (non-hydrogen) atoms. The van der Waals surface area contributed by atoms with Crippen LogP contribution in [0.15, 0.2) is 36.7 Å². The van der Waals surface area contributed by atoms with Gasteiger partial charge in [0.25, 0.3) is 12.0 Å². The fourth-order valence-corrected chi connectivity index (χ4v) is 2.98. The van der Waals surface area contributed by atoms with Gasteiger partial charge < -0.3 is 4.74 Å². The minimum Gasteiger partial charge on any atom is -0.378 e. The van der Waals surface area contributed by atoms with Gasteiger partial charge in [0, 0.05) is 12.5 Å². The van der Waals surface area contributed by atoms with Crippen LogP contribution in [0.2, 0.25) is 0 Å². The molecule has 0 N–H and O–H groups in total. The molecule has 124 valence electrons. The van der Waals surface area contributed by atoms with Crippen LogP contribution >= 0.6 is 0 Å². The third-order valence-electron chi connectivity index (χ3n) is 4.00. The summed E-state index contributed by atoms with van der Waals surface area (Å²) in [4.78, 5) is 3.80. The van der Waals surface area contributed by atoms with Crippen molar-refractivity contribution in [2.24, 2.45) is 0 Å². The Morgan fingerprint density at radius 2 is 2.00 bits per heavy atom. The Balaban J connectivity index is 1.90. The SMILES string of the molecule is COCc1cn(-c2nnc3c4ccccc4n4c(F)ncc4n23)nn1. The van der Waals surface area contributed by atoms with Gasteiger partial charge in [-0.15, -0.1) is 15.3 Å². The molecule has 5 aromatic rings. The molecule has 0 fully saturated rings. The minimum atomic E-state index is -0.605. The molecular weight excluding hydrogens is 327 g/mol. The van der Waals surface area contributed by atoms with Crippen molar-refractivity contribution in [1.29, 1.82) is 0 Å². The van der Waals surface area contributed by atoms with E-state index in [9.17, 15) is 4.39 Å². The van der Waals surface area contributed by atoms with E-state index in [1.54, 1.807) is 17.7 Å². The molecule has 0 aliphatic carbocycles. The van der Waals surface area contributed by atoms with Crippen molar-refractivity contribution in [2.75, 3.05) is 7.11 Å². The molecule has 0 saturated heterocycles. The predicted octanol–water partition coefficient (Wildman–Crippen LogP) is 1.40. The topological polar surface area (TPSA) is 87.4 Å². The molecule has 0 atom stereocenters. The number of ether oxygens (including phenoxy) is 1. The maximum absolute atomic E-state index is 14.3. The summed E-state index contributed by atoms with van der Waals surface area (Å²) < 4.78 is 23.9. The number of halogens is 1. The van der Waals surface area contributed by atoms with E-state index in [2.05, 4.69) is 25.5 Å². The van der Waals surface area contributed by atoms with E-state index in [1.165, 1.54) is 15.3 Å². The largest absolute Gasteiger partial charge is 0.378 e. The van der Waals surface area contributed by atoms with Gasteiger partial charge in [0.05, 0.1) is 24.5 Å². The van der Waals surface area contributed by atoms with Crippen LogP contribution in [0.3, 0.4) is 0 Å². The molecule has 0 spiro atoms. The third kappa shape index (κ3) is 1.88. The molecule has 0 unspecified atom stereocenters. The molecule has 0 saturated carbocycles. The van der Waals surface area contributed by atoms with Gasteiger partial charge in [0.1, 0.15) is 11.3 Å². The fraction of sp³-hybridized carbons (Fsp3) is 0.133. The first-order valence-electron chi connectivity index (χ1n) is 7.47. The summed E-state index contributed by atoms with van der Waals surface area (Å²) in [5.41, 5.74) is 2.39. The van der Waals surface area contributed by atoms with Gasteiger partial charge in [0.2, 0.25) is 0 Å². The number of para-hydroxylation sites is 1. The lowest BCUT2D eigenvalue weighted by Gasteiger charge is -2.07. The maximum Gasteiger partial charge on any atom is 0.295 e. The molecular formula is C15H11FN8O. The molecule has 1 aromatic carbocycles. The zero-order chi connectivity index (χ0) is 17.0. The quantitative estimate of drug-likeness (QED) is 0.494. The molecule has 0 aliphatic rings. The number of methoxy groups -OCH3 is 1. The second kappa shape index (κ2) is 5.05. The highest BCUT2D eigenvalue weighted by Gasteiger charge is 2.19. The van der Waals surface area contributed by atoms with E-state index >= 15 is 0 Å². The molecule has 0 amide bonds. The molecule has 0 aliphatic heterocycles. The Hall–Kier alpha value is -3.40. The summed E-state index contributed by atoms with van der Waals surface area (Å²) in [7, 11) is 1.58. The number of aromatic nitrogens is 8. The second-order valence-electron chi connectivity index (χ2n) is 5.48. The van der Waals surface area contributed by atoms with Gasteiger partial charge in [-0.2, -0.15) is 9.07 Å². The highest BCUT2D eigenvalue weighted by atomic mass is 19.1. The third-order valence-corrected chi connectivity index (χ3v) is 4.00. The van der Waals surface area contributed by atoms with Crippen molar-refractivity contribution in [3.63, 3.8) is 0 Å². The molecule has 10 heteroatoms. The number of hydrogen-bond donors (Lipinski definition) is 0. The zero-order valence-corrected chi connectivity index (χ0v) is 13.0. The van der Waals surface area contributed by atoms with Crippen molar-refractivity contribution < 1.29 is 9.13 Å². The van der Waals surface area contributed by atoms with Gasteiger partial charge in [-0.3, -0.25) is 4.40 Å². The fourth-order valence-electron chi connectivity index (χ4n) is 2.98. The summed E-state index contributed by atoms with van der Waals surface area (Å²) in [6, 6.07) is 7.38. The average molecular weight is 338 g/mol. The van der Waals surface area contributed by atoms with Crippen LogP contribution in [0.5, 0.6) is 0 Å². The molecule has 4 aromatic heterocycles. The number of hydrogen-bond acceptors (Lipinski definition) is 6. The summed E-state index contributed by atoms with van der Waals surface area (Å²) in [6.45, 7) is 0.330. The summed E-state index contributed by atoms with van der Waals surface area (Å²) in [6.07, 6.45) is 2.53. The van der Waals surface area contributed by atoms with Crippen molar-refractivity contribution in [3.8, 4) is 5.95 Å². The standard InChI is InChI=1S/C15H11FN8O/c1-25-8-9-7-22(21-18-9)15-20-19-13-10-4-2-3-5-11(10)23-12(24(13)15)6-17-14(23)16/h2-7H,8H2,1H3. The predicted molar refractivity (Wildman–Crippen MR) is 84.8 cm³/mol. The van der Waals surface area contributed by atoms with Gasteiger partial charge in [-0.05, 0) is 12.1 Å². The Morgan fingerprint density at radius 1 is 1.12 bits per heavy atom. The number of fused-ring (bicyclic) bond motifs is 6. The van der Waals surface area contributed by atoms with Crippen LogP contribution in [-0.2, 0) is 11.3 Å². The number of imidazole rings is 1. The monoisotopic (exact) mass is 338 g/mol. The van der Waals surface area contributed by atoms with Gasteiger partial charge >= 0.3 is 0 Å². The molecule has 5 rings (SSSR count). The van der Waals surface area contributed by atoms with Gasteiger partial charge in [0.15, 0.2) is 5.65 Å². The van der Waals surface area contributed by atoms with Crippen LogP contribution in [-0.4, -0.2) is 46.1 Å². The van der Waals surface area contributed by atoms with Crippen LogP contribution in [0.4, 0.5) is 4.39 Å². The molecule has 0 radical (unpaired) electrons. The Kier molecular flexibility index (Phi) is 2.82. The summed E-state index contributed by atoms with van der Waals surface area (Å²) >= 11 is 0. The van der Waals surface area contributed by atoms with Crippen LogP contribution < -0.4 is 0 Å². The smallest absolute Gasteiger partial charge is 0.295 e. The summed E-state index contributed by atoms with van der Waals surface area (Å²) in [5, 5.41) is 17.3. The van der Waals surface area contributed by atoms with Crippen molar-refractivity contribution in [3.05, 3.63) is 48.4 Å². The first-order valence-corrected chi connectivity index (χ1v) is 7.47. The van der Waals surface area contributed by atoms with E-state index in [0.717, 1.165) is 5.39 Å². The highest BCUT2D eigenvalue weighted by molar-refractivity contribution is 5.94. The first kappa shape index (κ1) is 14.0. The number of nitrogens with zero attached hydrogens (tertiary/aromatic N) is 8. The second-order valence-corrected chi connectivity index (χ2v) is 5.48. The van der Waals surface area contributed by atoms with Gasteiger partial charge in [-0.25, -0.2) is 9.38 Å². The highest BCUT2D eigenvalue weighted by Crippen LogP contribution is 2.24. The maximum atomic E-state index is 14.3. The Labute approximate surface area is 139 Å². The van der Waals surface area contributed by atoms with E-state index in [0.29, 0.717) is 35.1 Å². The van der Waals surface area contributed by atoms with Crippen molar-refractivity contribution >= 4 is 22.2 Å². The normalized spacial score (nSPS) is 11.9. The lowest BCUT2D eigenvalue weighted by Crippen LogP contribution is -2.05. The Bertz CT molecular complexity index is 1240. The van der Waals surface area contributed by atoms with Crippen molar-refractivity contribution in [2.45, 2.75) is 6.61 Å². The van der Waals surface area contributed by atoms with Crippen LogP contribution in [0.1, 0.15) is 5.69 Å². The molecule has 0 bridgehead atoms. The summed E-state index contributed by atoms with van der Waals surface area (Å²) in [5.74, 6) is 0.389. The van der Waals surface area contributed by atoms with Crippen LogP contribution in [0.25, 0.3) is 28.1 Å². The minimum absolute atomic E-state index is 0.330. The van der Waals surface area contributed by atoms with Crippen molar-refractivity contribution in [1.82, 2.24) is 39.0 Å². The lowest BCUT2D eigenvalue weighted by atomic mass is 10.2. The van der Waals surface area contributed by atoms with E-state index in [-0.39, 0.29) is 0 Å². The van der Waals surface area contributed by atoms with Gasteiger partial charge in [-0.1, -0.05) is 17.3 Å². The molecule has 4 heterocycles.